The second kappa shape index (κ2) is 9.75. The molecule has 0 aliphatic rings. The highest BCUT2D eigenvalue weighted by Crippen LogP contribution is 2.23. The lowest BCUT2D eigenvalue weighted by molar-refractivity contribution is -0.0366. The summed E-state index contributed by atoms with van der Waals surface area (Å²) in [5, 5.41) is 0. The van der Waals surface area contributed by atoms with Crippen LogP contribution in [-0.4, -0.2) is 49.7 Å². The van der Waals surface area contributed by atoms with E-state index in [1.165, 1.54) is 12.5 Å². The summed E-state index contributed by atoms with van der Waals surface area (Å²) in [7, 11) is -0.0728. The van der Waals surface area contributed by atoms with Gasteiger partial charge in [0.25, 0.3) is 0 Å². The molecule has 0 saturated carbocycles. The van der Waals surface area contributed by atoms with Gasteiger partial charge in [-0.1, -0.05) is 6.04 Å². The first-order valence-corrected chi connectivity index (χ1v) is 10.2. The van der Waals surface area contributed by atoms with Crippen LogP contribution in [0.15, 0.2) is 12.3 Å². The molecule has 0 aromatic carbocycles. The van der Waals surface area contributed by atoms with Gasteiger partial charge in [0.1, 0.15) is 0 Å². The minimum Gasteiger partial charge on any atom is -0.283 e. The summed E-state index contributed by atoms with van der Waals surface area (Å²) >= 11 is 0. The third kappa shape index (κ3) is 6.11. The molecule has 20 heavy (non-hydrogen) atoms. The topological polar surface area (TPSA) is 6.48 Å². The highest BCUT2D eigenvalue weighted by Gasteiger charge is 2.31. The van der Waals surface area contributed by atoms with E-state index in [0.29, 0.717) is 30.3 Å². The largest absolute Gasteiger partial charge is 0.283 e. The fraction of sp³-hybridized carbons (Fsp3) is 0.882. The molecule has 0 aromatic rings. The lowest BCUT2D eigenvalue weighted by Crippen LogP contribution is -2.58. The van der Waals surface area contributed by atoms with Crippen molar-refractivity contribution < 1.29 is 0 Å². The second-order valence-electron chi connectivity index (χ2n) is 6.97. The molecule has 0 spiro atoms. The van der Waals surface area contributed by atoms with Crippen LogP contribution < -0.4 is 0 Å². The van der Waals surface area contributed by atoms with Crippen molar-refractivity contribution in [3.8, 4) is 0 Å². The number of nitrogens with zero attached hydrogens (tertiary/aromatic N) is 2. The third-order valence-electron chi connectivity index (χ3n) is 3.94. The summed E-state index contributed by atoms with van der Waals surface area (Å²) in [4.78, 5) is 5.38. The molecule has 0 rings (SSSR count). The Morgan fingerprint density at radius 1 is 0.800 bits per heavy atom. The van der Waals surface area contributed by atoms with Gasteiger partial charge in [-0.15, -0.1) is 12.3 Å². The van der Waals surface area contributed by atoms with Crippen LogP contribution >= 0.6 is 0 Å². The normalized spacial score (nSPS) is 13.6. The van der Waals surface area contributed by atoms with Crippen LogP contribution in [0.25, 0.3) is 0 Å². The SMILES string of the molecule is C=C[SiH2]CCC(N(C(C)C)C(C)C)N(C(C)C)C(C)C. The van der Waals surface area contributed by atoms with Crippen molar-refractivity contribution in [1.82, 2.24) is 9.80 Å². The third-order valence-corrected chi connectivity index (χ3v) is 5.17. The molecule has 0 aliphatic carbocycles. The maximum absolute atomic E-state index is 3.92. The fourth-order valence-corrected chi connectivity index (χ4v) is 4.36. The first-order chi connectivity index (χ1) is 9.23. The lowest BCUT2D eigenvalue weighted by atomic mass is 10.1. The Labute approximate surface area is 130 Å². The number of rotatable bonds is 10. The zero-order chi connectivity index (χ0) is 15.9. The van der Waals surface area contributed by atoms with E-state index in [2.05, 4.69) is 77.5 Å². The Morgan fingerprint density at radius 2 is 1.15 bits per heavy atom. The van der Waals surface area contributed by atoms with E-state index < -0.39 is 0 Å². The standard InChI is InChI=1S/C17H38N2Si/c1-10-20-12-11-17(18(13(2)3)14(4)5)19(15(6)7)16(8)9/h10,13-17H,1,11-12,20H2,2-9H3. The summed E-state index contributed by atoms with van der Waals surface area (Å²) in [5.74, 6) is 0. The molecule has 0 radical (unpaired) electrons. The first-order valence-electron chi connectivity index (χ1n) is 8.39. The predicted octanol–water partition coefficient (Wildman–Crippen LogP) is 3.67. The smallest absolute Gasteiger partial charge is 0.0628 e. The molecule has 0 saturated heterocycles. The fourth-order valence-electron chi connectivity index (χ4n) is 3.47. The molecule has 0 aromatic heterocycles. The summed E-state index contributed by atoms with van der Waals surface area (Å²) in [6.07, 6.45) is 1.84. The van der Waals surface area contributed by atoms with E-state index in [1.54, 1.807) is 0 Å². The van der Waals surface area contributed by atoms with E-state index in [0.717, 1.165) is 0 Å². The Kier molecular flexibility index (Phi) is 9.69. The van der Waals surface area contributed by atoms with Gasteiger partial charge in [-0.05, 0) is 61.8 Å². The van der Waals surface area contributed by atoms with Crippen LogP contribution in [-0.2, 0) is 0 Å². The van der Waals surface area contributed by atoms with E-state index in [1.807, 2.05) is 0 Å². The van der Waals surface area contributed by atoms with Crippen molar-refractivity contribution in [2.45, 2.75) is 98.2 Å². The van der Waals surface area contributed by atoms with Crippen molar-refractivity contribution >= 4 is 9.52 Å². The van der Waals surface area contributed by atoms with Crippen molar-refractivity contribution in [2.75, 3.05) is 0 Å². The van der Waals surface area contributed by atoms with Gasteiger partial charge >= 0.3 is 0 Å². The van der Waals surface area contributed by atoms with Crippen LogP contribution in [0.2, 0.25) is 6.04 Å². The van der Waals surface area contributed by atoms with Gasteiger partial charge < -0.3 is 0 Å². The van der Waals surface area contributed by atoms with Gasteiger partial charge in [0.05, 0.1) is 6.17 Å². The van der Waals surface area contributed by atoms with Crippen LogP contribution in [0.3, 0.4) is 0 Å². The predicted molar refractivity (Wildman–Crippen MR) is 96.2 cm³/mol. The van der Waals surface area contributed by atoms with Crippen LogP contribution in [0.1, 0.15) is 61.8 Å². The minimum absolute atomic E-state index is 0.0728. The van der Waals surface area contributed by atoms with Gasteiger partial charge in [0.15, 0.2) is 0 Å². The first kappa shape index (κ1) is 19.9. The van der Waals surface area contributed by atoms with E-state index in [4.69, 9.17) is 0 Å². The van der Waals surface area contributed by atoms with E-state index >= 15 is 0 Å². The van der Waals surface area contributed by atoms with Crippen molar-refractivity contribution in [2.24, 2.45) is 0 Å². The monoisotopic (exact) mass is 298 g/mol. The van der Waals surface area contributed by atoms with Crippen LogP contribution in [0.5, 0.6) is 0 Å². The quantitative estimate of drug-likeness (QED) is 0.345. The van der Waals surface area contributed by atoms with Gasteiger partial charge in [-0.2, -0.15) is 0 Å². The zero-order valence-electron chi connectivity index (χ0n) is 15.2. The molecule has 3 heteroatoms. The molecule has 0 amide bonds. The molecule has 0 unspecified atom stereocenters. The second-order valence-corrected chi connectivity index (χ2v) is 8.83. The maximum Gasteiger partial charge on any atom is 0.0628 e. The Balaban J connectivity index is 5.24. The molecule has 0 atom stereocenters. The van der Waals surface area contributed by atoms with Gasteiger partial charge in [-0.3, -0.25) is 9.80 Å². The summed E-state index contributed by atoms with van der Waals surface area (Å²) in [5.41, 5.74) is 2.18. The number of hydrogen-bond acceptors (Lipinski definition) is 2. The summed E-state index contributed by atoms with van der Waals surface area (Å²) in [6.45, 7) is 22.6. The average Bonchev–Trinajstić information content (AvgIpc) is 2.26. The summed E-state index contributed by atoms with van der Waals surface area (Å²) in [6, 6.07) is 3.71. The maximum atomic E-state index is 3.92. The van der Waals surface area contributed by atoms with Gasteiger partial charge in [0.2, 0.25) is 0 Å². The minimum atomic E-state index is -0.0728. The molecule has 0 fully saturated rings. The molecule has 0 N–H and O–H groups in total. The van der Waals surface area contributed by atoms with Crippen molar-refractivity contribution in [1.29, 1.82) is 0 Å². The highest BCUT2D eigenvalue weighted by atomic mass is 28.2. The van der Waals surface area contributed by atoms with Crippen LogP contribution in [0.4, 0.5) is 0 Å². The summed E-state index contributed by atoms with van der Waals surface area (Å²) < 4.78 is 0. The Morgan fingerprint density at radius 3 is 1.40 bits per heavy atom. The van der Waals surface area contributed by atoms with Crippen molar-refractivity contribution in [3.05, 3.63) is 12.3 Å². The van der Waals surface area contributed by atoms with Crippen LogP contribution in [0, 0.1) is 0 Å². The van der Waals surface area contributed by atoms with Gasteiger partial charge in [-0.25, -0.2) is 0 Å². The van der Waals surface area contributed by atoms with E-state index in [-0.39, 0.29) is 9.52 Å². The molecule has 2 nitrogen and oxygen atoms in total. The highest BCUT2D eigenvalue weighted by molar-refractivity contribution is 6.41. The lowest BCUT2D eigenvalue weighted by Gasteiger charge is -2.48. The molecule has 0 heterocycles. The average molecular weight is 299 g/mol. The zero-order valence-corrected chi connectivity index (χ0v) is 16.6. The van der Waals surface area contributed by atoms with Gasteiger partial charge in [0, 0.05) is 33.7 Å². The molecule has 0 aliphatic heterocycles. The molecule has 120 valence electrons. The Hall–Kier alpha value is -0.123. The molecular weight excluding hydrogens is 260 g/mol. The van der Waals surface area contributed by atoms with E-state index in [9.17, 15) is 0 Å². The molecule has 0 bridgehead atoms. The Bertz CT molecular complexity index is 226. The number of hydrogen-bond donors (Lipinski definition) is 0. The van der Waals surface area contributed by atoms with Crippen molar-refractivity contribution in [3.63, 3.8) is 0 Å². The molecular formula is C17H38N2Si.